The zero-order valence-electron chi connectivity index (χ0n) is 16.8. The summed E-state index contributed by atoms with van der Waals surface area (Å²) < 4.78 is 29.6. The van der Waals surface area contributed by atoms with Crippen LogP contribution in [0, 0.1) is 5.82 Å². The van der Waals surface area contributed by atoms with E-state index in [9.17, 15) is 9.18 Å². The molecular weight excluding hydrogens is 375 g/mol. The number of benzene rings is 2. The van der Waals surface area contributed by atoms with Gasteiger partial charge in [-0.15, -0.1) is 0 Å². The lowest BCUT2D eigenvalue weighted by Crippen LogP contribution is -2.44. The van der Waals surface area contributed by atoms with E-state index in [4.69, 9.17) is 14.2 Å². The van der Waals surface area contributed by atoms with E-state index in [1.165, 1.54) is 12.1 Å². The van der Waals surface area contributed by atoms with Crippen LogP contribution < -0.4 is 14.8 Å². The van der Waals surface area contributed by atoms with Gasteiger partial charge < -0.3 is 19.5 Å². The normalized spacial score (nSPS) is 15.6. The summed E-state index contributed by atoms with van der Waals surface area (Å²) in [5.74, 6) is 0.822. The molecule has 0 aromatic heterocycles. The number of hydrogen-bond donors (Lipinski definition) is 1. The van der Waals surface area contributed by atoms with Crippen LogP contribution in [0.1, 0.15) is 17.2 Å². The van der Waals surface area contributed by atoms with Crippen LogP contribution in [-0.4, -0.2) is 57.9 Å². The largest absolute Gasteiger partial charge is 0.493 e. The minimum absolute atomic E-state index is 0.0323. The molecule has 1 amide bonds. The molecule has 1 aliphatic heterocycles. The first-order valence-corrected chi connectivity index (χ1v) is 9.65. The van der Waals surface area contributed by atoms with Crippen molar-refractivity contribution in [3.05, 3.63) is 59.4 Å². The molecule has 3 rings (SSSR count). The van der Waals surface area contributed by atoms with Gasteiger partial charge in [0.1, 0.15) is 5.82 Å². The van der Waals surface area contributed by atoms with Crippen LogP contribution in [0.5, 0.6) is 11.5 Å². The minimum atomic E-state index is -0.341. The van der Waals surface area contributed by atoms with E-state index in [0.717, 1.165) is 18.7 Å². The van der Waals surface area contributed by atoms with Crippen molar-refractivity contribution in [2.45, 2.75) is 12.5 Å². The van der Waals surface area contributed by atoms with Gasteiger partial charge in [0.15, 0.2) is 11.5 Å². The molecule has 6 nitrogen and oxygen atoms in total. The molecule has 0 saturated carbocycles. The number of nitrogens with zero attached hydrogens (tertiary/aromatic N) is 1. The molecule has 2 aromatic carbocycles. The lowest BCUT2D eigenvalue weighted by Gasteiger charge is -2.35. The Kier molecular flexibility index (Phi) is 7.43. The zero-order valence-corrected chi connectivity index (χ0v) is 16.8. The Hall–Kier alpha value is -2.64. The zero-order chi connectivity index (χ0) is 20.6. The maximum absolute atomic E-state index is 13.4. The molecule has 1 atom stereocenters. The molecule has 0 spiro atoms. The smallest absolute Gasteiger partial charge is 0.224 e. The molecular formula is C22H27FN2O4. The Morgan fingerprint density at radius 1 is 1.14 bits per heavy atom. The predicted molar refractivity (Wildman–Crippen MR) is 108 cm³/mol. The molecule has 0 bridgehead atoms. The third-order valence-corrected chi connectivity index (χ3v) is 5.03. The highest BCUT2D eigenvalue weighted by atomic mass is 19.1. The number of methoxy groups -OCH3 is 2. The monoisotopic (exact) mass is 402 g/mol. The van der Waals surface area contributed by atoms with Crippen molar-refractivity contribution in [1.82, 2.24) is 10.2 Å². The third-order valence-electron chi connectivity index (χ3n) is 5.03. The molecule has 1 saturated heterocycles. The second kappa shape index (κ2) is 10.2. The van der Waals surface area contributed by atoms with Crippen LogP contribution in [-0.2, 0) is 16.0 Å². The fourth-order valence-corrected chi connectivity index (χ4v) is 3.51. The summed E-state index contributed by atoms with van der Waals surface area (Å²) in [6.07, 6.45) is 0.138. The maximum Gasteiger partial charge on any atom is 0.224 e. The van der Waals surface area contributed by atoms with Gasteiger partial charge in [-0.1, -0.05) is 18.2 Å². The first-order chi connectivity index (χ1) is 14.1. The Morgan fingerprint density at radius 2 is 1.90 bits per heavy atom. The third kappa shape index (κ3) is 5.68. The molecule has 156 valence electrons. The molecule has 1 unspecified atom stereocenters. The van der Waals surface area contributed by atoms with Crippen LogP contribution in [0.4, 0.5) is 4.39 Å². The molecule has 1 fully saturated rings. The molecule has 29 heavy (non-hydrogen) atoms. The van der Waals surface area contributed by atoms with Crippen molar-refractivity contribution < 1.29 is 23.4 Å². The van der Waals surface area contributed by atoms with E-state index in [1.54, 1.807) is 26.4 Å². The van der Waals surface area contributed by atoms with Gasteiger partial charge in [0.2, 0.25) is 5.91 Å². The number of carbonyl (C=O) groups is 1. The molecule has 0 radical (unpaired) electrons. The number of rotatable bonds is 8. The standard InChI is InChI=1S/C22H27FN2O4/c1-27-20-7-6-17(14-21(20)28-2)19(25-8-10-29-11-9-25)15-24-22(26)13-16-4-3-5-18(23)12-16/h3-7,12,14,19H,8-11,13,15H2,1-2H3,(H,24,26). The highest BCUT2D eigenvalue weighted by Gasteiger charge is 2.24. The van der Waals surface area contributed by atoms with Crippen molar-refractivity contribution in [2.24, 2.45) is 0 Å². The van der Waals surface area contributed by atoms with Crippen LogP contribution >= 0.6 is 0 Å². The second-order valence-electron chi connectivity index (χ2n) is 6.89. The van der Waals surface area contributed by atoms with Gasteiger partial charge in [0, 0.05) is 19.6 Å². The van der Waals surface area contributed by atoms with Gasteiger partial charge >= 0.3 is 0 Å². The molecule has 1 N–H and O–H groups in total. The number of ether oxygens (including phenoxy) is 3. The number of carbonyl (C=O) groups excluding carboxylic acids is 1. The van der Waals surface area contributed by atoms with Crippen molar-refractivity contribution in [2.75, 3.05) is 47.1 Å². The molecule has 0 aliphatic carbocycles. The van der Waals surface area contributed by atoms with E-state index in [-0.39, 0.29) is 24.2 Å². The van der Waals surface area contributed by atoms with E-state index in [1.807, 2.05) is 18.2 Å². The summed E-state index contributed by atoms with van der Waals surface area (Å²) in [5, 5.41) is 3.00. The minimum Gasteiger partial charge on any atom is -0.493 e. The van der Waals surface area contributed by atoms with Crippen molar-refractivity contribution >= 4 is 5.91 Å². The van der Waals surface area contributed by atoms with Crippen LogP contribution in [0.2, 0.25) is 0 Å². The molecule has 1 aliphatic rings. The van der Waals surface area contributed by atoms with Crippen LogP contribution in [0.3, 0.4) is 0 Å². The van der Waals surface area contributed by atoms with Gasteiger partial charge in [0.25, 0.3) is 0 Å². The molecule has 2 aromatic rings. The maximum atomic E-state index is 13.4. The van der Waals surface area contributed by atoms with Gasteiger partial charge in [-0.3, -0.25) is 9.69 Å². The number of hydrogen-bond acceptors (Lipinski definition) is 5. The lowest BCUT2D eigenvalue weighted by atomic mass is 10.0. The first-order valence-electron chi connectivity index (χ1n) is 9.65. The van der Waals surface area contributed by atoms with Gasteiger partial charge in [-0.2, -0.15) is 0 Å². The lowest BCUT2D eigenvalue weighted by molar-refractivity contribution is -0.120. The summed E-state index contributed by atoms with van der Waals surface area (Å²) in [7, 11) is 3.20. The van der Waals surface area contributed by atoms with E-state index < -0.39 is 0 Å². The summed E-state index contributed by atoms with van der Waals surface area (Å²) in [4.78, 5) is 14.7. The van der Waals surface area contributed by atoms with Gasteiger partial charge in [-0.05, 0) is 35.4 Å². The topological polar surface area (TPSA) is 60.0 Å². The fraction of sp³-hybridized carbons (Fsp3) is 0.409. The summed E-state index contributed by atoms with van der Waals surface area (Å²) in [6, 6.07) is 11.9. The van der Waals surface area contributed by atoms with Gasteiger partial charge in [0.05, 0.1) is 39.9 Å². The Morgan fingerprint density at radius 3 is 2.59 bits per heavy atom. The number of morpholine rings is 1. The fourth-order valence-electron chi connectivity index (χ4n) is 3.51. The first kappa shape index (κ1) is 21.1. The Balaban J connectivity index is 1.73. The summed E-state index contributed by atoms with van der Waals surface area (Å²) in [6.45, 7) is 3.29. The highest BCUT2D eigenvalue weighted by Crippen LogP contribution is 2.32. The van der Waals surface area contributed by atoms with E-state index >= 15 is 0 Å². The quantitative estimate of drug-likeness (QED) is 0.736. The number of amides is 1. The number of nitrogens with one attached hydrogen (secondary N) is 1. The van der Waals surface area contributed by atoms with Crippen LogP contribution in [0.25, 0.3) is 0 Å². The highest BCUT2D eigenvalue weighted by molar-refractivity contribution is 5.78. The van der Waals surface area contributed by atoms with E-state index in [0.29, 0.717) is 36.8 Å². The van der Waals surface area contributed by atoms with Crippen molar-refractivity contribution in [3.63, 3.8) is 0 Å². The summed E-state index contributed by atoms with van der Waals surface area (Å²) in [5.41, 5.74) is 1.67. The Labute approximate surface area is 170 Å². The average Bonchev–Trinajstić information content (AvgIpc) is 2.74. The SMILES string of the molecule is COc1ccc(C(CNC(=O)Cc2cccc(F)c2)N2CCOCC2)cc1OC. The Bertz CT molecular complexity index is 824. The van der Waals surface area contributed by atoms with Crippen molar-refractivity contribution in [3.8, 4) is 11.5 Å². The predicted octanol–water partition coefficient (Wildman–Crippen LogP) is 2.58. The molecule has 1 heterocycles. The van der Waals surface area contributed by atoms with E-state index in [2.05, 4.69) is 10.2 Å². The number of halogens is 1. The second-order valence-corrected chi connectivity index (χ2v) is 6.89. The van der Waals surface area contributed by atoms with Gasteiger partial charge in [-0.25, -0.2) is 4.39 Å². The van der Waals surface area contributed by atoms with Crippen molar-refractivity contribution in [1.29, 1.82) is 0 Å². The average molecular weight is 402 g/mol. The summed E-state index contributed by atoms with van der Waals surface area (Å²) >= 11 is 0. The molecule has 7 heteroatoms. The van der Waals surface area contributed by atoms with Crippen LogP contribution in [0.15, 0.2) is 42.5 Å².